The Bertz CT molecular complexity index is 1620. The fraction of sp³-hybridized carbons (Fsp3) is 0.259. The molecule has 1 amide bonds. The van der Waals surface area contributed by atoms with Gasteiger partial charge in [0.2, 0.25) is 0 Å². The second-order valence-corrected chi connectivity index (χ2v) is 9.46. The molecule has 0 bridgehead atoms. The summed E-state index contributed by atoms with van der Waals surface area (Å²) >= 11 is 0. The van der Waals surface area contributed by atoms with Crippen molar-refractivity contribution < 1.29 is 22.7 Å². The van der Waals surface area contributed by atoms with E-state index in [4.69, 9.17) is 5.26 Å². The topological polar surface area (TPSA) is 125 Å². The summed E-state index contributed by atoms with van der Waals surface area (Å²) in [5.41, 5.74) is 3.29. The molecular formula is C27H24F3N9O2. The lowest BCUT2D eigenvalue weighted by molar-refractivity contribution is -0.274. The normalized spacial score (nSPS) is 14.0. The molecule has 0 aliphatic carbocycles. The van der Waals surface area contributed by atoms with Crippen molar-refractivity contribution in [2.45, 2.75) is 13.3 Å². The Morgan fingerprint density at radius 2 is 1.85 bits per heavy atom. The molecule has 1 N–H and O–H groups in total. The summed E-state index contributed by atoms with van der Waals surface area (Å²) in [6, 6.07) is 9.16. The number of pyridine rings is 2. The van der Waals surface area contributed by atoms with Crippen molar-refractivity contribution in [3.05, 3.63) is 71.9 Å². The van der Waals surface area contributed by atoms with E-state index in [1.807, 2.05) is 18.0 Å². The number of nitrogens with zero attached hydrogens (tertiary/aromatic N) is 8. The second-order valence-electron chi connectivity index (χ2n) is 9.46. The van der Waals surface area contributed by atoms with Crippen LogP contribution in [0.25, 0.3) is 16.9 Å². The highest BCUT2D eigenvalue weighted by Gasteiger charge is 2.32. The van der Waals surface area contributed by atoms with Gasteiger partial charge < -0.3 is 19.9 Å². The molecule has 0 saturated carbocycles. The lowest BCUT2D eigenvalue weighted by Gasteiger charge is -2.34. The summed E-state index contributed by atoms with van der Waals surface area (Å²) in [5.74, 6) is -1.12. The van der Waals surface area contributed by atoms with Crippen LogP contribution in [0.3, 0.4) is 0 Å². The predicted octanol–water partition coefficient (Wildman–Crippen LogP) is 3.81. The molecule has 4 aromatic rings. The van der Waals surface area contributed by atoms with E-state index in [0.29, 0.717) is 52.7 Å². The number of aromatic nitrogens is 5. The van der Waals surface area contributed by atoms with Crippen LogP contribution in [0.4, 0.5) is 24.5 Å². The van der Waals surface area contributed by atoms with Crippen LogP contribution >= 0.6 is 0 Å². The van der Waals surface area contributed by atoms with E-state index in [2.05, 4.69) is 35.2 Å². The SMILES string of the molecule is Cc1ncc(NC(=O)c2cc(OC(F)(F)F)cc(N3CCN(C)CC3)c2)cc1-n1cc(-c2cncc(C#N)c2)nn1. The number of piperazine rings is 1. The van der Waals surface area contributed by atoms with Gasteiger partial charge in [0.05, 0.1) is 35.0 Å². The minimum absolute atomic E-state index is 0.00396. The number of carbonyl (C=O) groups excluding carboxylic acids is 1. The molecule has 210 valence electrons. The maximum atomic E-state index is 13.2. The Morgan fingerprint density at radius 1 is 1.07 bits per heavy atom. The van der Waals surface area contributed by atoms with Crippen LogP contribution in [0, 0.1) is 18.3 Å². The number of carbonyl (C=O) groups is 1. The number of benzene rings is 1. The van der Waals surface area contributed by atoms with Gasteiger partial charge in [-0.05, 0) is 38.2 Å². The number of hydrogen-bond acceptors (Lipinski definition) is 9. The largest absolute Gasteiger partial charge is 0.573 e. The van der Waals surface area contributed by atoms with E-state index >= 15 is 0 Å². The first kappa shape index (κ1) is 27.5. The van der Waals surface area contributed by atoms with E-state index in [0.717, 1.165) is 19.2 Å². The Hall–Kier alpha value is -5.03. The number of alkyl halides is 3. The van der Waals surface area contributed by atoms with Crippen molar-refractivity contribution in [2.75, 3.05) is 43.4 Å². The fourth-order valence-electron chi connectivity index (χ4n) is 4.33. The van der Waals surface area contributed by atoms with Gasteiger partial charge in [-0.15, -0.1) is 18.3 Å². The Labute approximate surface area is 232 Å². The third-order valence-corrected chi connectivity index (χ3v) is 6.48. The zero-order valence-electron chi connectivity index (χ0n) is 22.1. The van der Waals surface area contributed by atoms with Gasteiger partial charge in [-0.25, -0.2) is 4.68 Å². The van der Waals surface area contributed by atoms with Crippen LogP contribution in [0.2, 0.25) is 0 Å². The van der Waals surface area contributed by atoms with Crippen LogP contribution in [-0.2, 0) is 0 Å². The molecule has 0 radical (unpaired) electrons. The van der Waals surface area contributed by atoms with Crippen molar-refractivity contribution in [3.8, 4) is 28.8 Å². The first-order valence-corrected chi connectivity index (χ1v) is 12.5. The van der Waals surface area contributed by atoms with Gasteiger partial charge in [0.15, 0.2) is 0 Å². The summed E-state index contributed by atoms with van der Waals surface area (Å²) < 4.78 is 44.8. The fourth-order valence-corrected chi connectivity index (χ4v) is 4.33. The molecule has 0 atom stereocenters. The minimum Gasteiger partial charge on any atom is -0.406 e. The van der Waals surface area contributed by atoms with E-state index in [9.17, 15) is 18.0 Å². The standard InChI is InChI=1S/C27H24F3N9O2/c1-17-25(39-16-24(35-36-39)20-7-18(12-31)13-32-14-20)10-21(15-33-17)34-26(40)19-8-22(38-5-3-37(2)4-6-38)11-23(9-19)41-27(28,29)30/h7-11,13-16H,3-6H2,1-2H3,(H,34,40). The van der Waals surface area contributed by atoms with Crippen molar-refractivity contribution in [1.82, 2.24) is 29.9 Å². The number of halogens is 3. The highest BCUT2D eigenvalue weighted by molar-refractivity contribution is 6.05. The quantitative estimate of drug-likeness (QED) is 0.373. The molecule has 4 heterocycles. The molecular weight excluding hydrogens is 539 g/mol. The number of hydrogen-bond donors (Lipinski definition) is 1. The number of amides is 1. The maximum absolute atomic E-state index is 13.2. The van der Waals surface area contributed by atoms with Crippen LogP contribution in [-0.4, -0.2) is 75.4 Å². The van der Waals surface area contributed by atoms with E-state index < -0.39 is 18.0 Å². The first-order chi connectivity index (χ1) is 19.6. The number of ether oxygens (including phenoxy) is 1. The summed E-state index contributed by atoms with van der Waals surface area (Å²) in [6.07, 6.45) is 1.16. The summed E-state index contributed by atoms with van der Waals surface area (Å²) in [5, 5.41) is 20.1. The third-order valence-electron chi connectivity index (χ3n) is 6.48. The number of aryl methyl sites for hydroxylation is 1. The molecule has 1 aliphatic heterocycles. The summed E-state index contributed by atoms with van der Waals surface area (Å²) in [4.78, 5) is 25.6. The molecule has 5 rings (SSSR count). The van der Waals surface area contributed by atoms with Crippen molar-refractivity contribution in [1.29, 1.82) is 5.26 Å². The Balaban J connectivity index is 1.40. The molecule has 3 aromatic heterocycles. The van der Waals surface area contributed by atoms with Gasteiger partial charge in [-0.3, -0.25) is 14.8 Å². The predicted molar refractivity (Wildman–Crippen MR) is 143 cm³/mol. The monoisotopic (exact) mass is 563 g/mol. The van der Waals surface area contributed by atoms with Crippen LogP contribution < -0.4 is 15.0 Å². The average molecular weight is 564 g/mol. The Kier molecular flexibility index (Phi) is 7.54. The Morgan fingerprint density at radius 3 is 2.59 bits per heavy atom. The van der Waals surface area contributed by atoms with Gasteiger partial charge >= 0.3 is 6.36 Å². The van der Waals surface area contributed by atoms with Crippen LogP contribution in [0.15, 0.2) is 55.1 Å². The van der Waals surface area contributed by atoms with Gasteiger partial charge in [0.25, 0.3) is 5.91 Å². The summed E-state index contributed by atoms with van der Waals surface area (Å²) in [6.45, 7) is 4.40. The van der Waals surface area contributed by atoms with Gasteiger partial charge in [0.1, 0.15) is 17.5 Å². The molecule has 0 spiro atoms. The molecule has 1 saturated heterocycles. The van der Waals surface area contributed by atoms with Crippen molar-refractivity contribution >= 4 is 17.3 Å². The van der Waals surface area contributed by atoms with Gasteiger partial charge in [-0.2, -0.15) is 5.26 Å². The van der Waals surface area contributed by atoms with Crippen molar-refractivity contribution in [2.24, 2.45) is 0 Å². The van der Waals surface area contributed by atoms with E-state index in [1.54, 1.807) is 37.5 Å². The molecule has 41 heavy (non-hydrogen) atoms. The summed E-state index contributed by atoms with van der Waals surface area (Å²) in [7, 11) is 1.97. The maximum Gasteiger partial charge on any atom is 0.573 e. The average Bonchev–Trinajstić information content (AvgIpc) is 3.43. The number of nitriles is 1. The third kappa shape index (κ3) is 6.59. The lowest BCUT2D eigenvalue weighted by atomic mass is 10.1. The highest BCUT2D eigenvalue weighted by atomic mass is 19.4. The van der Waals surface area contributed by atoms with Crippen LogP contribution in [0.1, 0.15) is 21.6 Å². The zero-order valence-corrected chi connectivity index (χ0v) is 22.1. The van der Waals surface area contributed by atoms with Gasteiger partial charge in [0, 0.05) is 61.5 Å². The van der Waals surface area contributed by atoms with Crippen LogP contribution in [0.5, 0.6) is 5.75 Å². The molecule has 1 aliphatic rings. The first-order valence-electron chi connectivity index (χ1n) is 12.5. The molecule has 1 aromatic carbocycles. The second kappa shape index (κ2) is 11.2. The molecule has 11 nitrogen and oxygen atoms in total. The number of anilines is 2. The number of rotatable bonds is 6. The van der Waals surface area contributed by atoms with E-state index in [1.165, 1.54) is 23.1 Å². The van der Waals surface area contributed by atoms with Gasteiger partial charge in [-0.1, -0.05) is 5.21 Å². The van der Waals surface area contributed by atoms with E-state index in [-0.39, 0.29) is 5.56 Å². The highest BCUT2D eigenvalue weighted by Crippen LogP contribution is 2.30. The number of nitrogens with one attached hydrogen (secondary N) is 1. The molecule has 0 unspecified atom stereocenters. The zero-order chi connectivity index (χ0) is 29.1. The van der Waals surface area contributed by atoms with Crippen molar-refractivity contribution in [3.63, 3.8) is 0 Å². The molecule has 1 fully saturated rings. The lowest BCUT2D eigenvalue weighted by Crippen LogP contribution is -2.44. The minimum atomic E-state index is -4.91. The smallest absolute Gasteiger partial charge is 0.406 e. The molecule has 14 heteroatoms. The number of likely N-dealkylation sites (N-methyl/N-ethyl adjacent to an activating group) is 1.